The van der Waals surface area contributed by atoms with E-state index in [4.69, 9.17) is 10.6 Å². The summed E-state index contributed by atoms with van der Waals surface area (Å²) in [6, 6.07) is 13.4. The molecule has 2 N–H and O–H groups in total. The van der Waals surface area contributed by atoms with Crippen molar-refractivity contribution < 1.29 is 9.66 Å². The van der Waals surface area contributed by atoms with Gasteiger partial charge < -0.3 is 10.6 Å². The van der Waals surface area contributed by atoms with Crippen molar-refractivity contribution in [3.8, 4) is 5.75 Å². The van der Waals surface area contributed by atoms with Crippen molar-refractivity contribution in [2.45, 2.75) is 17.3 Å². The van der Waals surface area contributed by atoms with Crippen LogP contribution in [0.15, 0.2) is 58.5 Å². The lowest BCUT2D eigenvalue weighted by atomic mass is 10.1. The smallest absolute Gasteiger partial charge is 0.294 e. The monoisotopic (exact) mass is 399 g/mol. The average Bonchev–Trinajstić information content (AvgIpc) is 2.71. The Morgan fingerprint density at radius 3 is 2.36 bits per heavy atom. The number of thioether (sulfide) groups is 1. The highest BCUT2D eigenvalue weighted by atomic mass is 32.2. The van der Waals surface area contributed by atoms with Crippen molar-refractivity contribution >= 4 is 17.4 Å². The maximum atomic E-state index is 12.5. The van der Waals surface area contributed by atoms with Crippen LogP contribution < -0.4 is 16.1 Å². The maximum Gasteiger partial charge on any atom is 0.294 e. The van der Waals surface area contributed by atoms with Crippen LogP contribution in [-0.2, 0) is 12.2 Å². The van der Waals surface area contributed by atoms with E-state index < -0.39 is 10.5 Å². The summed E-state index contributed by atoms with van der Waals surface area (Å²) in [5.74, 6) is 7.05. The van der Waals surface area contributed by atoms with E-state index in [-0.39, 0.29) is 16.5 Å². The molecule has 9 nitrogen and oxygen atoms in total. The van der Waals surface area contributed by atoms with Crippen molar-refractivity contribution in [1.82, 2.24) is 14.9 Å². The van der Waals surface area contributed by atoms with Crippen LogP contribution in [0.25, 0.3) is 0 Å². The normalized spacial score (nSPS) is 10.6. The molecule has 3 rings (SSSR count). The lowest BCUT2D eigenvalue weighted by Crippen LogP contribution is -2.33. The number of nitrogen functional groups attached to an aromatic ring is 1. The Hall–Kier alpha value is -3.40. The fourth-order valence-corrected chi connectivity index (χ4v) is 3.24. The van der Waals surface area contributed by atoms with Crippen molar-refractivity contribution in [2.24, 2.45) is 0 Å². The first kappa shape index (κ1) is 19.4. The van der Waals surface area contributed by atoms with Crippen molar-refractivity contribution in [3.63, 3.8) is 0 Å². The number of nitrogens with zero attached hydrogens (tertiary/aromatic N) is 4. The number of non-ortho nitro benzene ring substituents is 1. The van der Waals surface area contributed by atoms with Gasteiger partial charge in [0.05, 0.1) is 12.0 Å². The minimum absolute atomic E-state index is 0.0205. The third-order valence-corrected chi connectivity index (χ3v) is 4.99. The van der Waals surface area contributed by atoms with Gasteiger partial charge in [0, 0.05) is 24.3 Å². The van der Waals surface area contributed by atoms with Gasteiger partial charge in [-0.05, 0) is 23.3 Å². The van der Waals surface area contributed by atoms with Crippen molar-refractivity contribution in [1.29, 1.82) is 0 Å². The molecule has 0 fully saturated rings. The zero-order chi connectivity index (χ0) is 20.1. The molecular weight excluding hydrogens is 382 g/mol. The second-order valence-electron chi connectivity index (χ2n) is 5.84. The van der Waals surface area contributed by atoms with Crippen LogP contribution in [0.1, 0.15) is 16.8 Å². The van der Waals surface area contributed by atoms with Crippen LogP contribution in [-0.4, -0.2) is 26.9 Å². The molecule has 0 atom stereocenters. The van der Waals surface area contributed by atoms with E-state index in [2.05, 4.69) is 10.2 Å². The van der Waals surface area contributed by atoms with Crippen LogP contribution in [0, 0.1) is 10.1 Å². The first-order valence-corrected chi connectivity index (χ1v) is 9.19. The lowest BCUT2D eigenvalue weighted by molar-refractivity contribution is -0.384. The number of benzene rings is 2. The Balaban J connectivity index is 1.70. The standard InChI is InChI=1S/C18H17N5O4S/c1-27-15-8-4-12(5-9-15)10-16-17(24)22(19)18(21-20-16)28-11-13-2-6-14(7-3-13)23(25)26/h2-9H,10-11,19H2,1H3. The summed E-state index contributed by atoms with van der Waals surface area (Å²) < 4.78 is 6.08. The van der Waals surface area contributed by atoms with Gasteiger partial charge in [-0.1, -0.05) is 36.0 Å². The quantitative estimate of drug-likeness (QED) is 0.277. The molecule has 0 saturated heterocycles. The number of hydrogen-bond donors (Lipinski definition) is 1. The Kier molecular flexibility index (Phi) is 5.90. The van der Waals surface area contributed by atoms with Crippen LogP contribution in [0.4, 0.5) is 5.69 Å². The molecule has 28 heavy (non-hydrogen) atoms. The van der Waals surface area contributed by atoms with E-state index in [9.17, 15) is 14.9 Å². The van der Waals surface area contributed by atoms with Gasteiger partial charge in [-0.3, -0.25) is 14.9 Å². The number of nitro benzene ring substituents is 1. The van der Waals surface area contributed by atoms with Gasteiger partial charge in [0.2, 0.25) is 5.16 Å². The van der Waals surface area contributed by atoms with Gasteiger partial charge in [-0.25, -0.2) is 0 Å². The summed E-state index contributed by atoms with van der Waals surface area (Å²) in [4.78, 5) is 22.7. The Bertz CT molecular complexity index is 1040. The largest absolute Gasteiger partial charge is 0.497 e. The predicted octanol–water partition coefficient (Wildman–Crippen LogP) is 2.15. The van der Waals surface area contributed by atoms with E-state index in [1.807, 2.05) is 12.1 Å². The highest BCUT2D eigenvalue weighted by Gasteiger charge is 2.12. The van der Waals surface area contributed by atoms with Gasteiger partial charge in [-0.15, -0.1) is 10.2 Å². The molecule has 0 aliphatic carbocycles. The van der Waals surface area contributed by atoms with E-state index in [1.54, 1.807) is 31.4 Å². The number of methoxy groups -OCH3 is 1. The summed E-state index contributed by atoms with van der Waals surface area (Å²) in [7, 11) is 1.58. The molecule has 0 spiro atoms. The zero-order valence-electron chi connectivity index (χ0n) is 14.9. The first-order valence-electron chi connectivity index (χ1n) is 8.20. The topological polar surface area (TPSA) is 126 Å². The fourth-order valence-electron chi connectivity index (χ4n) is 2.43. The Morgan fingerprint density at radius 2 is 1.75 bits per heavy atom. The van der Waals surface area contributed by atoms with E-state index >= 15 is 0 Å². The molecule has 2 aromatic carbocycles. The van der Waals surface area contributed by atoms with Crippen LogP contribution >= 0.6 is 11.8 Å². The molecule has 3 aromatic rings. The minimum atomic E-state index is -0.457. The fraction of sp³-hybridized carbons (Fsp3) is 0.167. The molecule has 1 aromatic heterocycles. The molecule has 10 heteroatoms. The molecule has 0 amide bonds. The summed E-state index contributed by atoms with van der Waals surface area (Å²) in [5, 5.41) is 19.0. The van der Waals surface area contributed by atoms with Gasteiger partial charge in [-0.2, -0.15) is 4.68 Å². The molecule has 0 aliphatic rings. The van der Waals surface area contributed by atoms with Gasteiger partial charge in [0.15, 0.2) is 0 Å². The van der Waals surface area contributed by atoms with Gasteiger partial charge in [0.1, 0.15) is 11.4 Å². The lowest BCUT2D eigenvalue weighted by Gasteiger charge is -2.08. The number of nitro groups is 1. The number of ether oxygens (including phenoxy) is 1. The predicted molar refractivity (Wildman–Crippen MR) is 105 cm³/mol. The Labute approximate surface area is 164 Å². The van der Waals surface area contributed by atoms with E-state index in [1.165, 1.54) is 23.9 Å². The van der Waals surface area contributed by atoms with E-state index in [0.29, 0.717) is 12.2 Å². The minimum Gasteiger partial charge on any atom is -0.497 e. The van der Waals surface area contributed by atoms with Gasteiger partial charge in [0.25, 0.3) is 11.2 Å². The number of nitrogens with two attached hydrogens (primary N) is 1. The number of hydrogen-bond acceptors (Lipinski definition) is 8. The molecule has 1 heterocycles. The maximum absolute atomic E-state index is 12.5. The number of rotatable bonds is 7. The highest BCUT2D eigenvalue weighted by Crippen LogP contribution is 2.21. The summed E-state index contributed by atoms with van der Waals surface area (Å²) in [5.41, 5.74) is 1.57. The third-order valence-electron chi connectivity index (χ3n) is 3.97. The molecular formula is C18H17N5O4S. The molecule has 0 bridgehead atoms. The highest BCUT2D eigenvalue weighted by molar-refractivity contribution is 7.98. The van der Waals surface area contributed by atoms with Crippen molar-refractivity contribution in [3.05, 3.63) is 85.8 Å². The molecule has 0 unspecified atom stereocenters. The summed E-state index contributed by atoms with van der Waals surface area (Å²) >= 11 is 1.23. The average molecular weight is 399 g/mol. The molecule has 0 saturated carbocycles. The van der Waals surface area contributed by atoms with Crippen molar-refractivity contribution in [2.75, 3.05) is 13.0 Å². The molecule has 144 valence electrons. The van der Waals surface area contributed by atoms with Crippen LogP contribution in [0.5, 0.6) is 5.75 Å². The zero-order valence-corrected chi connectivity index (χ0v) is 15.8. The first-order chi connectivity index (χ1) is 13.5. The van der Waals surface area contributed by atoms with Gasteiger partial charge >= 0.3 is 0 Å². The molecule has 0 aliphatic heterocycles. The van der Waals surface area contributed by atoms with Crippen LogP contribution in [0.2, 0.25) is 0 Å². The van der Waals surface area contributed by atoms with E-state index in [0.717, 1.165) is 21.6 Å². The SMILES string of the molecule is COc1ccc(Cc2nnc(SCc3ccc([N+](=O)[O-])cc3)n(N)c2=O)cc1. The molecule has 0 radical (unpaired) electrons. The van der Waals surface area contributed by atoms with Crippen LogP contribution in [0.3, 0.4) is 0 Å². The Morgan fingerprint density at radius 1 is 1.11 bits per heavy atom. The second kappa shape index (κ2) is 8.53. The summed E-state index contributed by atoms with van der Waals surface area (Å²) in [6.45, 7) is 0. The number of aromatic nitrogens is 3. The summed E-state index contributed by atoms with van der Waals surface area (Å²) in [6.07, 6.45) is 0.306. The third kappa shape index (κ3) is 4.46. The second-order valence-corrected chi connectivity index (χ2v) is 6.78.